The fraction of sp³-hybridized carbons (Fsp3) is 0.610. The number of carbonyl (C=O) groups excluding carboxylic acids is 6. The van der Waals surface area contributed by atoms with Crippen molar-refractivity contribution in [3.63, 3.8) is 0 Å². The molecule has 0 aliphatic heterocycles. The quantitative estimate of drug-likeness (QED) is 0.0271. The molecule has 63 heavy (non-hydrogen) atoms. The van der Waals surface area contributed by atoms with Crippen LogP contribution in [0, 0.1) is 11.8 Å². The van der Waals surface area contributed by atoms with E-state index in [4.69, 9.17) is 33.5 Å². The minimum absolute atomic E-state index is 0.105. The number of carbonyl (C=O) groups is 7. The Morgan fingerprint density at radius 3 is 2.03 bits per heavy atom. The maximum Gasteiger partial charge on any atom is 0.328 e. The number of aliphatic imine (C=N–C) groups is 1. The number of guanidine groups is 1. The molecule has 0 spiro atoms. The number of unbranched alkanes of at least 4 members (excludes halogenated alkanes) is 1. The fourth-order valence-corrected chi connectivity index (χ4v) is 6.88. The zero-order valence-corrected chi connectivity index (χ0v) is 37.8. The van der Waals surface area contributed by atoms with Crippen LogP contribution < -0.4 is 43.8 Å². The molecular weight excluding hydrogens is 842 g/mol. The molecule has 21 nitrogen and oxygen atoms in total. The van der Waals surface area contributed by atoms with E-state index in [-0.39, 0.29) is 67.2 Å². The molecule has 6 amide bonds. The summed E-state index contributed by atoms with van der Waals surface area (Å²) < 4.78 is 4.81. The first-order chi connectivity index (χ1) is 29.6. The van der Waals surface area contributed by atoms with Crippen LogP contribution >= 0.6 is 11.6 Å². The Morgan fingerprint density at radius 2 is 1.44 bits per heavy atom. The van der Waals surface area contributed by atoms with Crippen LogP contribution in [0.25, 0.3) is 10.9 Å². The van der Waals surface area contributed by atoms with Crippen molar-refractivity contribution < 1.29 is 48.5 Å². The SMILES string of the molecule is COC(=O)[C@@H](CCCN=C(N)N)NC(=O)N[C@@H](CCCCN)C(=O)N[C@@H](C)C(=O)N[C@@H](CC(C)C)C(=O)N(C)[C@@H](CC(C)C)C(=O)N[C@@H](Cc1c[nH]c2cc(Cl)c(O)cc12)C(=O)O. The van der Waals surface area contributed by atoms with Crippen molar-refractivity contribution >= 4 is 70.1 Å². The number of nitrogens with one attached hydrogen (secondary N) is 6. The number of hydrogen-bond donors (Lipinski definition) is 11. The lowest BCUT2D eigenvalue weighted by molar-refractivity contribution is -0.146. The van der Waals surface area contributed by atoms with Gasteiger partial charge in [0.1, 0.15) is 42.0 Å². The molecule has 1 heterocycles. The molecule has 14 N–H and O–H groups in total. The number of amides is 6. The van der Waals surface area contributed by atoms with E-state index < -0.39 is 77.8 Å². The highest BCUT2D eigenvalue weighted by Crippen LogP contribution is 2.31. The number of hydrogen-bond acceptors (Lipinski definition) is 11. The largest absolute Gasteiger partial charge is 0.506 e. The molecule has 0 aliphatic rings. The lowest BCUT2D eigenvalue weighted by atomic mass is 9.97. The molecule has 0 fully saturated rings. The number of esters is 1. The van der Waals surface area contributed by atoms with Gasteiger partial charge in [0.2, 0.25) is 23.6 Å². The van der Waals surface area contributed by atoms with E-state index in [0.29, 0.717) is 42.3 Å². The zero-order chi connectivity index (χ0) is 47.6. The van der Waals surface area contributed by atoms with Gasteiger partial charge in [0, 0.05) is 37.1 Å². The first-order valence-corrected chi connectivity index (χ1v) is 21.3. The summed E-state index contributed by atoms with van der Waals surface area (Å²) in [6.07, 6.45) is 3.27. The number of aromatic nitrogens is 1. The van der Waals surface area contributed by atoms with Crippen LogP contribution in [0.5, 0.6) is 5.75 Å². The predicted octanol–water partition coefficient (Wildman–Crippen LogP) is 0.940. The highest BCUT2D eigenvalue weighted by molar-refractivity contribution is 6.32. The molecule has 1 aromatic carbocycles. The van der Waals surface area contributed by atoms with Crippen LogP contribution in [0.4, 0.5) is 4.79 Å². The number of nitrogens with two attached hydrogens (primary N) is 3. The van der Waals surface area contributed by atoms with Gasteiger partial charge in [0.05, 0.1) is 12.1 Å². The minimum atomic E-state index is -1.42. The summed E-state index contributed by atoms with van der Waals surface area (Å²) in [4.78, 5) is 101. The fourth-order valence-electron chi connectivity index (χ4n) is 6.72. The summed E-state index contributed by atoms with van der Waals surface area (Å²) in [5.41, 5.74) is 17.4. The minimum Gasteiger partial charge on any atom is -0.506 e. The van der Waals surface area contributed by atoms with Gasteiger partial charge in [0.15, 0.2) is 5.96 Å². The second-order valence-electron chi connectivity index (χ2n) is 16.3. The third-order valence-electron chi connectivity index (χ3n) is 10.1. The van der Waals surface area contributed by atoms with E-state index in [1.807, 2.05) is 27.7 Å². The number of methoxy groups -OCH3 is 1. The molecule has 2 aromatic rings. The molecule has 352 valence electrons. The molecule has 0 saturated carbocycles. The number of phenols is 1. The number of phenolic OH excluding ortho intramolecular Hbond substituents is 1. The van der Waals surface area contributed by atoms with Crippen LogP contribution in [-0.2, 0) is 39.9 Å². The number of urea groups is 1. The lowest BCUT2D eigenvalue weighted by Gasteiger charge is -2.33. The van der Waals surface area contributed by atoms with Crippen molar-refractivity contribution in [2.24, 2.45) is 34.0 Å². The maximum absolute atomic E-state index is 14.2. The number of fused-ring (bicyclic) bond motifs is 1. The predicted molar refractivity (Wildman–Crippen MR) is 237 cm³/mol. The van der Waals surface area contributed by atoms with E-state index in [0.717, 1.165) is 7.11 Å². The summed E-state index contributed by atoms with van der Waals surface area (Å²) in [6, 6.07) is -5.11. The monoisotopic (exact) mass is 907 g/mol. The topological polar surface area (TPSA) is 339 Å². The average molecular weight is 908 g/mol. The Bertz CT molecular complexity index is 1920. The molecule has 0 aliphatic carbocycles. The van der Waals surface area contributed by atoms with Crippen LogP contribution in [-0.4, -0.2) is 131 Å². The number of nitrogens with zero attached hydrogens (tertiary/aromatic N) is 2. The van der Waals surface area contributed by atoms with Crippen LogP contribution in [0.15, 0.2) is 23.3 Å². The third kappa shape index (κ3) is 17.5. The number of rotatable bonds is 26. The Hall–Kier alpha value is -5.83. The van der Waals surface area contributed by atoms with Gasteiger partial charge in [-0.05, 0) is 87.9 Å². The van der Waals surface area contributed by atoms with Crippen LogP contribution in [0.3, 0.4) is 0 Å². The Balaban J connectivity index is 2.23. The summed E-state index contributed by atoms with van der Waals surface area (Å²) >= 11 is 6.03. The first-order valence-electron chi connectivity index (χ1n) is 20.9. The van der Waals surface area contributed by atoms with Crippen molar-refractivity contribution in [2.75, 3.05) is 27.2 Å². The molecule has 0 radical (unpaired) electrons. The molecule has 6 atom stereocenters. The van der Waals surface area contributed by atoms with Crippen molar-refractivity contribution in [3.8, 4) is 5.75 Å². The summed E-state index contributed by atoms with van der Waals surface area (Å²) in [7, 11) is 2.56. The van der Waals surface area contributed by atoms with E-state index >= 15 is 0 Å². The van der Waals surface area contributed by atoms with Crippen molar-refractivity contribution in [1.82, 2.24) is 36.5 Å². The smallest absolute Gasteiger partial charge is 0.328 e. The molecule has 1 aromatic heterocycles. The van der Waals surface area contributed by atoms with Gasteiger partial charge in [-0.2, -0.15) is 0 Å². The number of carboxylic acid groups (broad SMARTS) is 1. The van der Waals surface area contributed by atoms with Crippen molar-refractivity contribution in [3.05, 3.63) is 28.9 Å². The lowest BCUT2D eigenvalue weighted by Crippen LogP contribution is -2.59. The highest BCUT2D eigenvalue weighted by Gasteiger charge is 2.36. The van der Waals surface area contributed by atoms with E-state index in [9.17, 15) is 43.8 Å². The van der Waals surface area contributed by atoms with E-state index in [1.54, 1.807) is 6.20 Å². The first kappa shape index (κ1) is 53.3. The molecular formula is C41H66ClN11O10. The molecule has 2 rings (SSSR count). The van der Waals surface area contributed by atoms with Gasteiger partial charge in [0.25, 0.3) is 0 Å². The van der Waals surface area contributed by atoms with Crippen molar-refractivity contribution in [1.29, 1.82) is 0 Å². The number of carboxylic acids is 1. The van der Waals surface area contributed by atoms with E-state index in [1.165, 1.54) is 31.0 Å². The Labute approximate surface area is 372 Å². The standard InChI is InChI=1S/C41H66ClN11O10/c1-21(2)15-30(37(58)53(6)32(16-22(3)4)36(57)50-31(38(59)60)17-24-20-47-29-19-26(42)33(54)18-25(24)29)49-34(55)23(5)48-35(56)27(11-8-9-13-43)51-41(62)52-28(39(61)63-7)12-10-14-46-40(44)45/h18-23,27-28,30-32,47,54H,8-17,43H2,1-7H3,(H,48,56)(H,49,55)(H,50,57)(H,59,60)(H4,44,45,46)(H2,51,52,62)/t23-,27-,28+,30-,31-,32-/m0/s1. The number of aromatic amines is 1. The second kappa shape index (κ2) is 25.9. The normalized spacial score (nSPS) is 14.1. The van der Waals surface area contributed by atoms with E-state index in [2.05, 4.69) is 36.6 Å². The van der Waals surface area contributed by atoms with Gasteiger partial charge >= 0.3 is 18.0 Å². The van der Waals surface area contributed by atoms with Crippen molar-refractivity contribution in [2.45, 2.75) is 122 Å². The number of H-pyrrole nitrogens is 1. The third-order valence-corrected chi connectivity index (χ3v) is 10.4. The summed E-state index contributed by atoms with van der Waals surface area (Å²) in [6.45, 7) is 9.27. The zero-order valence-electron chi connectivity index (χ0n) is 37.1. The van der Waals surface area contributed by atoms with Gasteiger partial charge in [-0.3, -0.25) is 24.2 Å². The van der Waals surface area contributed by atoms with Gasteiger partial charge < -0.3 is 68.6 Å². The number of ether oxygens (including phenoxy) is 1. The van der Waals surface area contributed by atoms with Crippen LogP contribution in [0.2, 0.25) is 5.02 Å². The number of aromatic hydroxyl groups is 1. The van der Waals surface area contributed by atoms with Crippen LogP contribution in [0.1, 0.15) is 85.1 Å². The summed E-state index contributed by atoms with van der Waals surface area (Å²) in [5, 5.41) is 33.9. The number of halogens is 1. The molecule has 22 heteroatoms. The molecule has 0 saturated heterocycles. The van der Waals surface area contributed by atoms with Gasteiger partial charge in [-0.15, -0.1) is 0 Å². The maximum atomic E-state index is 14.2. The number of aliphatic carboxylic acids is 1. The van der Waals surface area contributed by atoms with Gasteiger partial charge in [-0.1, -0.05) is 39.3 Å². The Morgan fingerprint density at radius 1 is 0.825 bits per heavy atom. The second-order valence-corrected chi connectivity index (χ2v) is 16.7. The number of likely N-dealkylation sites (N-methyl/N-ethyl adjacent to an activating group) is 1. The Kier molecular flexibility index (Phi) is 22.0. The highest BCUT2D eigenvalue weighted by atomic mass is 35.5. The summed E-state index contributed by atoms with van der Waals surface area (Å²) in [5.74, 6) is -5.41. The van der Waals surface area contributed by atoms with Gasteiger partial charge in [-0.25, -0.2) is 14.4 Å². The molecule has 0 unspecified atom stereocenters. The average Bonchev–Trinajstić information content (AvgIpc) is 3.58. The number of benzene rings is 1. The molecule has 0 bridgehead atoms.